The van der Waals surface area contributed by atoms with Crippen LogP contribution in [0.1, 0.15) is 23.3 Å². The van der Waals surface area contributed by atoms with E-state index in [9.17, 15) is 9.59 Å². The summed E-state index contributed by atoms with van der Waals surface area (Å²) in [5.74, 6) is 0.557. The normalized spacial score (nSPS) is 14.1. The summed E-state index contributed by atoms with van der Waals surface area (Å²) >= 11 is 0. The molecule has 0 aliphatic carbocycles. The second-order valence-electron chi connectivity index (χ2n) is 5.23. The molecule has 1 aliphatic rings. The number of rotatable bonds is 3. The van der Waals surface area contributed by atoms with Crippen LogP contribution in [0.15, 0.2) is 35.3 Å². The zero-order valence-electron chi connectivity index (χ0n) is 12.3. The summed E-state index contributed by atoms with van der Waals surface area (Å²) in [5.41, 5.74) is 0.530. The topological polar surface area (TPSA) is 80.1 Å². The summed E-state index contributed by atoms with van der Waals surface area (Å²) in [6, 6.07) is 6.44. The molecule has 0 aromatic carbocycles. The van der Waals surface area contributed by atoms with Gasteiger partial charge in [0.05, 0.1) is 11.9 Å². The number of nitrogens with one attached hydrogen (secondary N) is 1. The minimum absolute atomic E-state index is 0.186. The molecular formula is C15H17N5O2. The largest absolute Gasteiger partial charge is 0.357 e. The molecule has 1 fully saturated rings. The fourth-order valence-electron chi connectivity index (χ4n) is 2.41. The molecule has 7 nitrogen and oxygen atoms in total. The van der Waals surface area contributed by atoms with Crippen molar-refractivity contribution in [1.82, 2.24) is 14.8 Å². The van der Waals surface area contributed by atoms with E-state index in [0.717, 1.165) is 23.6 Å². The third-order valence-corrected chi connectivity index (χ3v) is 3.63. The number of carbonyl (C=O) groups excluding carboxylic acids is 1. The lowest BCUT2D eigenvalue weighted by molar-refractivity contribution is 0.102. The molecule has 22 heavy (non-hydrogen) atoms. The molecule has 0 saturated carbocycles. The van der Waals surface area contributed by atoms with Crippen LogP contribution < -0.4 is 15.8 Å². The molecule has 2 aromatic heterocycles. The van der Waals surface area contributed by atoms with Gasteiger partial charge in [0.25, 0.3) is 11.5 Å². The Morgan fingerprint density at radius 3 is 2.59 bits per heavy atom. The van der Waals surface area contributed by atoms with Gasteiger partial charge in [-0.05, 0) is 31.0 Å². The van der Waals surface area contributed by atoms with Crippen LogP contribution in [0.5, 0.6) is 0 Å². The summed E-state index contributed by atoms with van der Waals surface area (Å²) in [7, 11) is 1.51. The van der Waals surface area contributed by atoms with Crippen LogP contribution in [-0.2, 0) is 7.05 Å². The maximum absolute atomic E-state index is 12.1. The molecule has 2 aromatic rings. The van der Waals surface area contributed by atoms with Gasteiger partial charge < -0.3 is 10.2 Å². The Balaban J connectivity index is 1.70. The molecule has 0 radical (unpaired) electrons. The van der Waals surface area contributed by atoms with Crippen LogP contribution in [-0.4, -0.2) is 33.8 Å². The van der Waals surface area contributed by atoms with Crippen molar-refractivity contribution in [1.29, 1.82) is 0 Å². The summed E-state index contributed by atoms with van der Waals surface area (Å²) in [6.07, 6.45) is 4.02. The fourth-order valence-corrected chi connectivity index (χ4v) is 2.41. The summed E-state index contributed by atoms with van der Waals surface area (Å²) in [6.45, 7) is 2.06. The molecule has 0 bridgehead atoms. The molecule has 1 aliphatic heterocycles. The number of aryl methyl sites for hydroxylation is 1. The van der Waals surface area contributed by atoms with E-state index in [0.29, 0.717) is 5.69 Å². The molecule has 0 atom stereocenters. The zero-order chi connectivity index (χ0) is 15.5. The highest BCUT2D eigenvalue weighted by Gasteiger charge is 2.14. The van der Waals surface area contributed by atoms with Crippen LogP contribution in [0.2, 0.25) is 0 Å². The van der Waals surface area contributed by atoms with Gasteiger partial charge in [0.2, 0.25) is 0 Å². The number of pyridine rings is 1. The highest BCUT2D eigenvalue weighted by Crippen LogP contribution is 2.19. The van der Waals surface area contributed by atoms with Crippen molar-refractivity contribution >= 4 is 17.4 Å². The smallest absolute Gasteiger partial charge is 0.276 e. The molecule has 1 amide bonds. The zero-order valence-corrected chi connectivity index (χ0v) is 12.3. The first-order valence-electron chi connectivity index (χ1n) is 7.20. The Morgan fingerprint density at radius 1 is 1.18 bits per heavy atom. The first-order chi connectivity index (χ1) is 10.6. The Hall–Kier alpha value is -2.70. The molecule has 114 valence electrons. The van der Waals surface area contributed by atoms with Crippen LogP contribution in [0, 0.1) is 0 Å². The second kappa shape index (κ2) is 5.97. The van der Waals surface area contributed by atoms with Gasteiger partial charge in [-0.15, -0.1) is 0 Å². The fraction of sp³-hybridized carbons (Fsp3) is 0.333. The van der Waals surface area contributed by atoms with E-state index in [1.54, 1.807) is 6.20 Å². The summed E-state index contributed by atoms with van der Waals surface area (Å²) < 4.78 is 1.13. The van der Waals surface area contributed by atoms with E-state index < -0.39 is 0 Å². The van der Waals surface area contributed by atoms with Crippen LogP contribution >= 0.6 is 0 Å². The van der Waals surface area contributed by atoms with Gasteiger partial charge in [-0.3, -0.25) is 9.59 Å². The average molecular weight is 299 g/mol. The van der Waals surface area contributed by atoms with E-state index in [1.807, 2.05) is 12.1 Å². The Morgan fingerprint density at radius 2 is 1.95 bits per heavy atom. The lowest BCUT2D eigenvalue weighted by Crippen LogP contribution is -2.23. The maximum atomic E-state index is 12.1. The van der Waals surface area contributed by atoms with Gasteiger partial charge >= 0.3 is 0 Å². The van der Waals surface area contributed by atoms with Crippen molar-refractivity contribution in [2.45, 2.75) is 12.8 Å². The van der Waals surface area contributed by atoms with Crippen molar-refractivity contribution in [2.75, 3.05) is 23.3 Å². The molecule has 3 rings (SSSR count). The Bertz CT molecular complexity index is 732. The Kier molecular flexibility index (Phi) is 3.86. The van der Waals surface area contributed by atoms with Gasteiger partial charge in [0.1, 0.15) is 11.5 Å². The second-order valence-corrected chi connectivity index (χ2v) is 5.23. The van der Waals surface area contributed by atoms with Crippen molar-refractivity contribution in [3.63, 3.8) is 0 Å². The number of amides is 1. The van der Waals surface area contributed by atoms with Crippen molar-refractivity contribution < 1.29 is 4.79 Å². The number of hydrogen-bond donors (Lipinski definition) is 1. The molecular weight excluding hydrogens is 282 g/mol. The number of hydrogen-bond acceptors (Lipinski definition) is 5. The predicted molar refractivity (Wildman–Crippen MR) is 83.1 cm³/mol. The minimum Gasteiger partial charge on any atom is -0.357 e. The highest BCUT2D eigenvalue weighted by atomic mass is 16.2. The monoisotopic (exact) mass is 299 g/mol. The van der Waals surface area contributed by atoms with Crippen molar-refractivity contribution in [2.24, 2.45) is 7.05 Å². The SMILES string of the molecule is Cn1nc(C(=O)Nc2ccc(N3CCCC3)nc2)ccc1=O. The molecule has 3 heterocycles. The van der Waals surface area contributed by atoms with Crippen molar-refractivity contribution in [3.8, 4) is 0 Å². The third kappa shape index (κ3) is 2.98. The van der Waals surface area contributed by atoms with Crippen LogP contribution in [0.3, 0.4) is 0 Å². The molecule has 0 unspecified atom stereocenters. The standard InChI is InChI=1S/C15H17N5O2/c1-19-14(21)7-5-12(18-19)15(22)17-11-4-6-13(16-10-11)20-8-2-3-9-20/h4-7,10H,2-3,8-9H2,1H3,(H,17,22). The highest BCUT2D eigenvalue weighted by molar-refractivity contribution is 6.02. The maximum Gasteiger partial charge on any atom is 0.276 e. The molecule has 7 heteroatoms. The third-order valence-electron chi connectivity index (χ3n) is 3.63. The summed E-state index contributed by atoms with van der Waals surface area (Å²) in [4.78, 5) is 30.0. The number of nitrogens with zero attached hydrogens (tertiary/aromatic N) is 4. The van der Waals surface area contributed by atoms with E-state index in [4.69, 9.17) is 0 Å². The van der Waals surface area contributed by atoms with Crippen LogP contribution in [0.25, 0.3) is 0 Å². The van der Waals surface area contributed by atoms with Gasteiger partial charge in [-0.2, -0.15) is 5.10 Å². The lowest BCUT2D eigenvalue weighted by Gasteiger charge is -2.16. The first kappa shape index (κ1) is 14.2. The predicted octanol–water partition coefficient (Wildman–Crippen LogP) is 1.03. The number of aromatic nitrogens is 3. The van der Waals surface area contributed by atoms with Gasteiger partial charge in [0, 0.05) is 26.2 Å². The molecule has 0 spiro atoms. The first-order valence-corrected chi connectivity index (χ1v) is 7.20. The molecule has 1 saturated heterocycles. The van der Waals surface area contributed by atoms with E-state index in [-0.39, 0.29) is 17.2 Å². The average Bonchev–Trinajstić information content (AvgIpc) is 3.05. The van der Waals surface area contributed by atoms with E-state index >= 15 is 0 Å². The Labute approximate surface area is 127 Å². The quantitative estimate of drug-likeness (QED) is 0.915. The lowest BCUT2D eigenvalue weighted by atomic mass is 10.3. The van der Waals surface area contributed by atoms with E-state index in [2.05, 4.69) is 20.3 Å². The van der Waals surface area contributed by atoms with Crippen molar-refractivity contribution in [3.05, 3.63) is 46.5 Å². The number of anilines is 2. The summed E-state index contributed by atoms with van der Waals surface area (Å²) in [5, 5.41) is 6.64. The number of carbonyl (C=O) groups is 1. The van der Waals surface area contributed by atoms with Gasteiger partial charge in [-0.1, -0.05) is 0 Å². The van der Waals surface area contributed by atoms with Gasteiger partial charge in [-0.25, -0.2) is 9.67 Å². The van der Waals surface area contributed by atoms with Gasteiger partial charge in [0.15, 0.2) is 0 Å². The van der Waals surface area contributed by atoms with Crippen LogP contribution in [0.4, 0.5) is 11.5 Å². The van der Waals surface area contributed by atoms with E-state index in [1.165, 1.54) is 32.0 Å². The molecule has 1 N–H and O–H groups in total. The minimum atomic E-state index is -0.369.